The second-order valence-electron chi connectivity index (χ2n) is 6.43. The molecule has 0 bridgehead atoms. The fraction of sp³-hybridized carbons (Fsp3) is 0.688. The van der Waals surface area contributed by atoms with Gasteiger partial charge in [0.1, 0.15) is 5.69 Å². The van der Waals surface area contributed by atoms with Crippen LogP contribution in [0.25, 0.3) is 0 Å². The number of carbonyl (C=O) groups is 1. The number of piperidine rings is 1. The third-order valence-electron chi connectivity index (χ3n) is 4.11. The molecule has 0 radical (unpaired) electrons. The number of rotatable bonds is 4. The molecule has 1 amide bonds. The van der Waals surface area contributed by atoms with Gasteiger partial charge in [0.2, 0.25) is 5.95 Å². The molecule has 2 fully saturated rings. The fourth-order valence-electron chi connectivity index (χ4n) is 2.59. The summed E-state index contributed by atoms with van der Waals surface area (Å²) in [4.78, 5) is 23.7. The number of anilines is 1. The lowest BCUT2D eigenvalue weighted by molar-refractivity contribution is 0.0946. The number of amides is 1. The summed E-state index contributed by atoms with van der Waals surface area (Å²) < 4.78 is 0. The van der Waals surface area contributed by atoms with Gasteiger partial charge in [-0.25, -0.2) is 9.97 Å². The van der Waals surface area contributed by atoms with Gasteiger partial charge >= 0.3 is 0 Å². The molecule has 114 valence electrons. The van der Waals surface area contributed by atoms with Crippen molar-refractivity contribution in [3.05, 3.63) is 17.5 Å². The molecule has 21 heavy (non-hydrogen) atoms. The van der Waals surface area contributed by atoms with Gasteiger partial charge in [0.25, 0.3) is 5.91 Å². The Kier molecular flexibility index (Phi) is 4.08. The Balaban J connectivity index is 1.87. The zero-order chi connectivity index (χ0) is 14.8. The molecule has 2 aliphatic rings. The number of carbonyl (C=O) groups excluding carboxylic acids is 1. The summed E-state index contributed by atoms with van der Waals surface area (Å²) in [5.74, 6) is 0.964. The highest BCUT2D eigenvalue weighted by Crippen LogP contribution is 2.22. The lowest BCUT2D eigenvalue weighted by atomic mass is 10.1. The maximum absolute atomic E-state index is 12.3. The van der Waals surface area contributed by atoms with Gasteiger partial charge in [-0.2, -0.15) is 0 Å². The highest BCUT2D eigenvalue weighted by atomic mass is 16.2. The molecule has 1 N–H and O–H groups in total. The topological polar surface area (TPSA) is 58.1 Å². The predicted molar refractivity (Wildman–Crippen MR) is 82.7 cm³/mol. The third-order valence-corrected chi connectivity index (χ3v) is 4.11. The second-order valence-corrected chi connectivity index (χ2v) is 6.43. The van der Waals surface area contributed by atoms with Crippen LogP contribution in [0.3, 0.4) is 0 Å². The lowest BCUT2D eigenvalue weighted by Crippen LogP contribution is -2.33. The Labute approximate surface area is 126 Å². The van der Waals surface area contributed by atoms with Crippen LogP contribution in [0, 0.1) is 0 Å². The van der Waals surface area contributed by atoms with E-state index in [4.69, 9.17) is 0 Å². The number of aromatic nitrogens is 2. The molecule has 0 atom stereocenters. The molecule has 1 aromatic rings. The van der Waals surface area contributed by atoms with Crippen LogP contribution in [-0.2, 0) is 0 Å². The van der Waals surface area contributed by atoms with Gasteiger partial charge in [-0.1, -0.05) is 13.8 Å². The van der Waals surface area contributed by atoms with Crippen LogP contribution in [0.5, 0.6) is 0 Å². The number of hydrogen-bond acceptors (Lipinski definition) is 4. The largest absolute Gasteiger partial charge is 0.348 e. The minimum Gasteiger partial charge on any atom is -0.348 e. The molecule has 5 nitrogen and oxygen atoms in total. The normalized spacial score (nSPS) is 18.9. The van der Waals surface area contributed by atoms with E-state index in [1.165, 1.54) is 19.3 Å². The minimum absolute atomic E-state index is 0.0555. The minimum atomic E-state index is -0.0555. The van der Waals surface area contributed by atoms with Crippen molar-refractivity contribution in [1.82, 2.24) is 15.3 Å². The fourth-order valence-corrected chi connectivity index (χ4v) is 2.59. The Morgan fingerprint density at radius 2 is 1.95 bits per heavy atom. The van der Waals surface area contributed by atoms with Crippen molar-refractivity contribution < 1.29 is 4.79 Å². The molecular formula is C16H24N4O. The van der Waals surface area contributed by atoms with Crippen molar-refractivity contribution in [3.8, 4) is 0 Å². The molecular weight excluding hydrogens is 264 g/mol. The maximum atomic E-state index is 12.3. The maximum Gasteiger partial charge on any atom is 0.270 e. The lowest BCUT2D eigenvalue weighted by Gasteiger charge is -2.27. The van der Waals surface area contributed by atoms with E-state index in [1.54, 1.807) is 0 Å². The first-order valence-electron chi connectivity index (χ1n) is 8.08. The van der Waals surface area contributed by atoms with E-state index in [1.807, 2.05) is 6.07 Å². The van der Waals surface area contributed by atoms with Crippen molar-refractivity contribution >= 4 is 11.9 Å². The Hall–Kier alpha value is -1.65. The van der Waals surface area contributed by atoms with E-state index in [-0.39, 0.29) is 5.91 Å². The van der Waals surface area contributed by atoms with Gasteiger partial charge in [0.05, 0.1) is 0 Å². The molecule has 0 aromatic carbocycles. The highest BCUT2D eigenvalue weighted by Gasteiger charge is 2.25. The van der Waals surface area contributed by atoms with Crippen molar-refractivity contribution in [2.24, 2.45) is 0 Å². The molecule has 1 aliphatic heterocycles. The average molecular weight is 288 g/mol. The van der Waals surface area contributed by atoms with Crippen LogP contribution in [-0.4, -0.2) is 35.0 Å². The monoisotopic (exact) mass is 288 g/mol. The molecule has 1 aliphatic carbocycles. The van der Waals surface area contributed by atoms with Gasteiger partial charge in [0.15, 0.2) is 0 Å². The zero-order valence-corrected chi connectivity index (χ0v) is 12.9. The molecule has 1 aromatic heterocycles. The van der Waals surface area contributed by atoms with E-state index in [0.29, 0.717) is 17.7 Å². The van der Waals surface area contributed by atoms with E-state index < -0.39 is 0 Å². The van der Waals surface area contributed by atoms with Gasteiger partial charge in [-0.15, -0.1) is 0 Å². The highest BCUT2D eigenvalue weighted by molar-refractivity contribution is 5.93. The van der Waals surface area contributed by atoms with Gasteiger partial charge in [-0.05, 0) is 44.1 Å². The molecule has 1 saturated heterocycles. The average Bonchev–Trinajstić information content (AvgIpc) is 3.31. The third kappa shape index (κ3) is 3.52. The van der Waals surface area contributed by atoms with E-state index >= 15 is 0 Å². The summed E-state index contributed by atoms with van der Waals surface area (Å²) in [7, 11) is 0. The Morgan fingerprint density at radius 3 is 2.57 bits per heavy atom. The number of hydrogen-bond donors (Lipinski definition) is 1. The zero-order valence-electron chi connectivity index (χ0n) is 12.9. The van der Waals surface area contributed by atoms with Crippen molar-refractivity contribution in [3.63, 3.8) is 0 Å². The standard InChI is InChI=1S/C16H24N4O/c1-11(2)13-10-14(15(21)17-12-6-7-12)19-16(18-13)20-8-4-3-5-9-20/h10-12H,3-9H2,1-2H3,(H,17,21). The van der Waals surface area contributed by atoms with Crippen molar-refractivity contribution in [2.75, 3.05) is 18.0 Å². The molecule has 5 heteroatoms. The molecule has 0 spiro atoms. The molecule has 2 heterocycles. The van der Waals surface area contributed by atoms with E-state index in [9.17, 15) is 4.79 Å². The van der Waals surface area contributed by atoms with Crippen molar-refractivity contribution in [1.29, 1.82) is 0 Å². The summed E-state index contributed by atoms with van der Waals surface area (Å²) in [6, 6.07) is 2.20. The van der Waals surface area contributed by atoms with Crippen LogP contribution in [0.1, 0.15) is 68.1 Å². The number of nitrogens with zero attached hydrogens (tertiary/aromatic N) is 3. The summed E-state index contributed by atoms with van der Waals surface area (Å²) in [5, 5.41) is 3.02. The van der Waals surface area contributed by atoms with Crippen LogP contribution >= 0.6 is 0 Å². The molecule has 0 unspecified atom stereocenters. The first-order chi connectivity index (χ1) is 10.1. The number of nitrogens with one attached hydrogen (secondary N) is 1. The predicted octanol–water partition coefficient (Wildman–Crippen LogP) is 2.48. The van der Waals surface area contributed by atoms with Gasteiger partial charge < -0.3 is 10.2 Å². The Morgan fingerprint density at radius 1 is 1.24 bits per heavy atom. The van der Waals surface area contributed by atoms with Crippen LogP contribution in [0.4, 0.5) is 5.95 Å². The molecule has 3 rings (SSSR count). The van der Waals surface area contributed by atoms with Crippen LogP contribution < -0.4 is 10.2 Å². The SMILES string of the molecule is CC(C)c1cc(C(=O)NC2CC2)nc(N2CCCCC2)n1. The Bertz CT molecular complexity index is 519. The van der Waals surface area contributed by atoms with Gasteiger partial charge in [-0.3, -0.25) is 4.79 Å². The first kappa shape index (κ1) is 14.3. The first-order valence-corrected chi connectivity index (χ1v) is 8.08. The summed E-state index contributed by atoms with van der Waals surface area (Å²) >= 11 is 0. The van der Waals surface area contributed by atoms with Crippen LogP contribution in [0.2, 0.25) is 0 Å². The second kappa shape index (κ2) is 6.00. The molecule has 1 saturated carbocycles. The van der Waals surface area contributed by atoms with Crippen LogP contribution in [0.15, 0.2) is 6.07 Å². The summed E-state index contributed by atoms with van der Waals surface area (Å²) in [5.41, 5.74) is 1.47. The van der Waals surface area contributed by atoms with E-state index in [2.05, 4.69) is 34.0 Å². The van der Waals surface area contributed by atoms with Gasteiger partial charge in [0, 0.05) is 24.8 Å². The van der Waals surface area contributed by atoms with Crippen molar-refractivity contribution in [2.45, 2.75) is 57.9 Å². The summed E-state index contributed by atoms with van der Waals surface area (Å²) in [6.45, 7) is 6.19. The quantitative estimate of drug-likeness (QED) is 0.924. The summed E-state index contributed by atoms with van der Waals surface area (Å²) in [6.07, 6.45) is 5.81. The smallest absolute Gasteiger partial charge is 0.270 e. The van der Waals surface area contributed by atoms with E-state index in [0.717, 1.165) is 37.6 Å².